The molecule has 0 aromatic carbocycles. The van der Waals surface area contributed by atoms with E-state index < -0.39 is 54.0 Å². The van der Waals surface area contributed by atoms with Crippen LogP contribution in [0.15, 0.2) is 0 Å². The maximum Gasteiger partial charge on any atom is 0.237 e. The van der Waals surface area contributed by atoms with Crippen LogP contribution in [-0.4, -0.2) is 281 Å². The van der Waals surface area contributed by atoms with Crippen molar-refractivity contribution in [1.29, 1.82) is 0 Å². The van der Waals surface area contributed by atoms with E-state index in [1.807, 2.05) is 0 Å². The number of amides is 10. The molecule has 16 aliphatic rings. The molecule has 0 aromatic rings. The quantitative estimate of drug-likeness (QED) is 0.0281. The van der Waals surface area contributed by atoms with Crippen molar-refractivity contribution >= 4 is 118 Å². The van der Waals surface area contributed by atoms with Gasteiger partial charge < -0.3 is 72.1 Å². The van der Waals surface area contributed by atoms with Gasteiger partial charge in [-0.3, -0.25) is 86.3 Å². The number of hydrogen-bond acceptors (Lipinski definition) is 23. The van der Waals surface area contributed by atoms with Gasteiger partial charge in [0, 0.05) is 82.3 Å². The van der Waals surface area contributed by atoms with Gasteiger partial charge in [-0.1, -0.05) is 97.8 Å². The number of hydrogen-bond donors (Lipinski definition) is 8. The number of aliphatic hydroxyl groups excluding tert-OH is 3. The van der Waals surface area contributed by atoms with Crippen molar-refractivity contribution in [3.63, 3.8) is 0 Å². The lowest BCUT2D eigenvalue weighted by Crippen LogP contribution is -2.67. The second kappa shape index (κ2) is 47.9. The number of Topliss-reactive ketones (excluding diaryl/α,β-unsaturated/α-hetero) is 8. The first-order valence-corrected chi connectivity index (χ1v) is 51.6. The average Bonchev–Trinajstić information content (AvgIpc) is 0.717. The van der Waals surface area contributed by atoms with Gasteiger partial charge in [-0.2, -0.15) is 12.6 Å². The van der Waals surface area contributed by atoms with Crippen LogP contribution in [0.5, 0.6) is 0 Å². The lowest BCUT2D eigenvalue weighted by molar-refractivity contribution is -0.172. The standard InChI is InChI=1S/C15H24N2O3.C14H22N2O3.C13H22N2O3.C13H21NO3.C12H19NO3.C12H19NO2S.C12H19NO2.C11H17NO2/c1-10-5-7-15(8-6-10)9-17(14(15)20)12(11(2)18)3-4-13(16)19;1-10(17)11(5-6-12(15)18)16-9-14(13(16)19)7-3-2-4-8-14;1-8(16)11(12(14)18)15-9-2-5-13(6-3-9)7-4-10(13)17;1-9-3-5-13(6-4-9)8-14(12(13)17)11(7-15)10(2)16;1-9(15)10(7-14)13-8-12(11(13)16)5-3-2-4-6-12;1-9(14)10(7-16)13-8-12(11(13)15)5-3-2-4-6-12;1-9-3-5-12(6-4-9)8-13(11(12)15)7-10(2)14;1-9(13)7-12-8-11(10(12)14)5-3-2-4-6-11/h10,12H,3-9H2,1-2H3,(H2,16,19);11H,2-9H2,1H3,(H2,15,18);8-9,11,15-16H,2-7H2,1H3,(H2,14,18);9,11,15H,3-8H2,1-2H3;10,14H,2-8H2,1H3;10,16H,2-8H2,1H3;9H,3-8H2,1-2H3;2-8H2,1H3/t;;8-,9?,11+,13?;;;;;/m..1...../s1. The molecule has 135 heavy (non-hydrogen) atoms. The highest BCUT2D eigenvalue weighted by Gasteiger charge is 2.61. The Kier molecular flexibility index (Phi) is 39.4. The number of nitrogens with two attached hydrogens (primary N) is 3. The Labute approximate surface area is 805 Å². The molecular formula is C102H163N11O21S. The van der Waals surface area contributed by atoms with Crippen LogP contribution in [0.3, 0.4) is 0 Å². The number of primary amides is 3. The Balaban J connectivity index is 0.000000173. The Bertz CT molecular complexity index is 4200. The fourth-order valence-corrected chi connectivity index (χ4v) is 25.1. The van der Waals surface area contributed by atoms with Crippen LogP contribution < -0.4 is 22.5 Å². The van der Waals surface area contributed by atoms with Gasteiger partial charge in [0.25, 0.3) is 0 Å². The van der Waals surface area contributed by atoms with E-state index in [2.05, 4.69) is 38.7 Å². The molecule has 10 amide bonds. The zero-order chi connectivity index (χ0) is 99.7. The van der Waals surface area contributed by atoms with Gasteiger partial charge in [-0.05, 0) is 247 Å². The number of rotatable bonds is 27. The summed E-state index contributed by atoms with van der Waals surface area (Å²) in [5.74, 6) is 2.54. The number of aliphatic hydroxyl groups is 3. The molecular weight excluding hydrogens is 1750 g/mol. The summed E-state index contributed by atoms with van der Waals surface area (Å²) in [6.07, 6.45) is 40.0. The van der Waals surface area contributed by atoms with Crippen LogP contribution in [0.1, 0.15) is 346 Å². The number of nitrogens with one attached hydrogen (secondary N) is 1. The van der Waals surface area contributed by atoms with Crippen LogP contribution in [0, 0.1) is 61.1 Å². The third kappa shape index (κ3) is 26.1. The molecule has 758 valence electrons. The van der Waals surface area contributed by atoms with E-state index >= 15 is 0 Å². The van der Waals surface area contributed by atoms with E-state index in [0.717, 1.165) is 218 Å². The molecule has 0 radical (unpaired) electrons. The maximum absolute atomic E-state index is 12.5. The molecule has 5 unspecified atom stereocenters. The molecule has 10 N–H and O–H groups in total. The number of nitrogens with zero attached hydrogens (tertiary/aromatic N) is 7. The number of ketones is 8. The summed E-state index contributed by atoms with van der Waals surface area (Å²) in [7, 11) is 0. The second-order valence-electron chi connectivity index (χ2n) is 44.1. The predicted octanol–water partition coefficient (Wildman–Crippen LogP) is 8.71. The lowest BCUT2D eigenvalue weighted by atomic mass is 9.59. The van der Waals surface area contributed by atoms with Crippen molar-refractivity contribution in [2.24, 2.45) is 78.3 Å². The summed E-state index contributed by atoms with van der Waals surface area (Å²) in [5.41, 5.74) is 14.4. The van der Waals surface area contributed by atoms with E-state index in [1.165, 1.54) is 79.1 Å². The summed E-state index contributed by atoms with van der Waals surface area (Å²) in [6, 6.07) is -2.99. The topological polar surface area (TPSA) is 481 Å². The van der Waals surface area contributed by atoms with Gasteiger partial charge in [0.15, 0.2) is 28.9 Å². The molecule has 16 rings (SSSR count). The van der Waals surface area contributed by atoms with Crippen LogP contribution in [-0.2, 0) is 86.3 Å². The fourth-order valence-electron chi connectivity index (χ4n) is 24.6. The van der Waals surface area contributed by atoms with Crippen molar-refractivity contribution in [2.75, 3.05) is 77.9 Å². The van der Waals surface area contributed by atoms with Gasteiger partial charge in [-0.15, -0.1) is 0 Å². The minimum absolute atomic E-state index is 0.0479. The van der Waals surface area contributed by atoms with Gasteiger partial charge in [0.1, 0.15) is 35.5 Å². The van der Waals surface area contributed by atoms with Crippen molar-refractivity contribution < 1.29 is 102 Å². The SMILES string of the molecule is CC(=O)C(CCC(N)=O)N1CC2(CCC(C)CC2)C1=O.CC(=O)C(CCC(N)=O)N1CC2(CCCCC2)C1=O.CC(=O)C(CO)N1CC2(CCC(C)CC2)C1=O.CC(=O)C(CO)N1CC2(CCCCC2)C1=O.CC(=O)C(CS)N1CC2(CCCCC2)C1=O.CC(=O)CN1CC2(CCC(C)CC2)C1=O.CC(=O)CN1CC2(CCCCC2)C1=O.C[C@@H](O)[C@H](NC1CCC2(CCC2=O)CC1)C(N)=O. The molecule has 32 nitrogen and oxygen atoms in total. The molecule has 9 aliphatic carbocycles. The first-order chi connectivity index (χ1) is 63.6. The van der Waals surface area contributed by atoms with Crippen LogP contribution in [0.4, 0.5) is 0 Å². The lowest BCUT2D eigenvalue weighted by Gasteiger charge is -2.54. The first kappa shape index (κ1) is 111. The van der Waals surface area contributed by atoms with Crippen molar-refractivity contribution in [2.45, 2.75) is 394 Å². The smallest absolute Gasteiger partial charge is 0.237 e. The minimum atomic E-state index is -0.788. The minimum Gasteiger partial charge on any atom is -0.394 e. The molecule has 16 fully saturated rings. The highest BCUT2D eigenvalue weighted by atomic mass is 32.1. The van der Waals surface area contributed by atoms with Gasteiger partial charge >= 0.3 is 0 Å². The first-order valence-electron chi connectivity index (χ1n) is 51.0. The molecule has 33 heteroatoms. The molecule has 8 spiro atoms. The molecule has 7 atom stereocenters. The van der Waals surface area contributed by atoms with E-state index in [-0.39, 0.29) is 163 Å². The Hall–Kier alpha value is -7.75. The van der Waals surface area contributed by atoms with Gasteiger partial charge in [0.05, 0.1) is 88.4 Å². The van der Waals surface area contributed by atoms with Crippen LogP contribution in [0.25, 0.3) is 0 Å². The number of carbonyl (C=O) groups is 18. The second-order valence-corrected chi connectivity index (χ2v) is 44.5. The number of β-lactam (4-membered cyclic amide) rings is 7. The number of thiol groups is 1. The average molecular weight is 1910 g/mol. The van der Waals surface area contributed by atoms with E-state index in [1.54, 1.807) is 62.0 Å². The van der Waals surface area contributed by atoms with E-state index in [0.29, 0.717) is 75.5 Å². The predicted molar refractivity (Wildman–Crippen MR) is 509 cm³/mol. The van der Waals surface area contributed by atoms with E-state index in [9.17, 15) is 91.4 Å². The molecule has 9 saturated carbocycles. The summed E-state index contributed by atoms with van der Waals surface area (Å²) in [4.78, 5) is 220. The van der Waals surface area contributed by atoms with Crippen molar-refractivity contribution in [3.05, 3.63) is 0 Å². The highest BCUT2D eigenvalue weighted by Crippen LogP contribution is 2.54. The maximum atomic E-state index is 12.5. The Morgan fingerprint density at radius 3 is 0.815 bits per heavy atom. The molecule has 7 aliphatic heterocycles. The fraction of sp³-hybridized carbons (Fsp3) is 0.824. The zero-order valence-electron chi connectivity index (χ0n) is 83.0. The Morgan fingerprint density at radius 1 is 0.356 bits per heavy atom. The van der Waals surface area contributed by atoms with Crippen molar-refractivity contribution in [1.82, 2.24) is 39.6 Å². The Morgan fingerprint density at radius 2 is 0.607 bits per heavy atom. The number of carbonyl (C=O) groups excluding carboxylic acids is 18. The van der Waals surface area contributed by atoms with Crippen molar-refractivity contribution in [3.8, 4) is 0 Å². The zero-order valence-corrected chi connectivity index (χ0v) is 83.9. The van der Waals surface area contributed by atoms with Crippen LogP contribution >= 0.6 is 12.6 Å². The summed E-state index contributed by atoms with van der Waals surface area (Å²) < 4.78 is 0. The normalized spacial score (nSPS) is 29.4. The monoisotopic (exact) mass is 1910 g/mol. The summed E-state index contributed by atoms with van der Waals surface area (Å²) in [5, 5.41) is 30.9. The van der Waals surface area contributed by atoms with E-state index in [4.69, 9.17) is 27.4 Å². The molecule has 0 aromatic heterocycles. The molecule has 0 bridgehead atoms. The molecule has 7 heterocycles. The van der Waals surface area contributed by atoms with Gasteiger partial charge in [-0.25, -0.2) is 0 Å². The largest absolute Gasteiger partial charge is 0.394 e. The summed E-state index contributed by atoms with van der Waals surface area (Å²) in [6.45, 7) is 23.9. The highest BCUT2D eigenvalue weighted by molar-refractivity contribution is 7.80. The third-order valence-electron chi connectivity index (χ3n) is 33.8. The van der Waals surface area contributed by atoms with Gasteiger partial charge in [0.2, 0.25) is 59.1 Å². The number of likely N-dealkylation sites (tertiary alicyclic amines) is 7. The third-order valence-corrected chi connectivity index (χ3v) is 34.2. The summed E-state index contributed by atoms with van der Waals surface area (Å²) >= 11 is 4.16. The molecule has 7 saturated heterocycles. The van der Waals surface area contributed by atoms with Crippen LogP contribution in [0.2, 0.25) is 0 Å².